The van der Waals surface area contributed by atoms with Gasteiger partial charge >= 0.3 is 0 Å². The van der Waals surface area contributed by atoms with Crippen LogP contribution in [-0.2, 0) is 18.3 Å². The van der Waals surface area contributed by atoms with Gasteiger partial charge in [-0.2, -0.15) is 0 Å². The second-order valence-electron chi connectivity index (χ2n) is 5.87. The van der Waals surface area contributed by atoms with Crippen LogP contribution in [0.5, 0.6) is 0 Å². The van der Waals surface area contributed by atoms with E-state index in [1.807, 2.05) is 66.3 Å². The predicted octanol–water partition coefficient (Wildman–Crippen LogP) is 3.63. The van der Waals surface area contributed by atoms with Gasteiger partial charge in [0.1, 0.15) is 5.82 Å². The molecule has 4 rings (SSSR count). The van der Waals surface area contributed by atoms with Crippen molar-refractivity contribution in [2.75, 3.05) is 5.32 Å². The molecule has 0 aliphatic heterocycles. The van der Waals surface area contributed by atoms with Gasteiger partial charge in [0.15, 0.2) is 0 Å². The molecule has 2 aromatic carbocycles. The number of imidazole rings is 1. The maximum Gasteiger partial charge on any atom is 0.224 e. The summed E-state index contributed by atoms with van der Waals surface area (Å²) in [5.74, 6) is 0.914. The second kappa shape index (κ2) is 5.85. The van der Waals surface area contributed by atoms with Gasteiger partial charge < -0.3 is 14.9 Å². The number of H-pyrrole nitrogens is 1. The van der Waals surface area contributed by atoms with E-state index in [9.17, 15) is 4.79 Å². The number of aromatic nitrogens is 3. The van der Waals surface area contributed by atoms with E-state index in [2.05, 4.69) is 15.3 Å². The van der Waals surface area contributed by atoms with Gasteiger partial charge in [-0.05, 0) is 18.2 Å². The number of fused-ring (bicyclic) bond motifs is 2. The Morgan fingerprint density at radius 1 is 1.17 bits per heavy atom. The molecule has 5 heteroatoms. The Hall–Kier alpha value is -3.08. The van der Waals surface area contributed by atoms with E-state index in [-0.39, 0.29) is 5.91 Å². The van der Waals surface area contributed by atoms with Crippen LogP contribution in [0.2, 0.25) is 0 Å². The minimum Gasteiger partial charge on any atom is -0.359 e. The highest BCUT2D eigenvalue weighted by Crippen LogP contribution is 2.22. The molecule has 0 saturated heterocycles. The van der Waals surface area contributed by atoms with Crippen molar-refractivity contribution in [2.45, 2.75) is 12.8 Å². The zero-order valence-corrected chi connectivity index (χ0v) is 13.4. The molecule has 5 nitrogen and oxygen atoms in total. The van der Waals surface area contributed by atoms with Crippen LogP contribution in [0.1, 0.15) is 12.2 Å². The van der Waals surface area contributed by atoms with Crippen LogP contribution >= 0.6 is 0 Å². The maximum absolute atomic E-state index is 12.3. The average molecular weight is 318 g/mol. The van der Waals surface area contributed by atoms with Crippen molar-refractivity contribution in [1.29, 1.82) is 0 Å². The zero-order chi connectivity index (χ0) is 16.5. The maximum atomic E-state index is 12.3. The van der Waals surface area contributed by atoms with Crippen LogP contribution in [0.15, 0.2) is 54.7 Å². The van der Waals surface area contributed by atoms with E-state index in [0.717, 1.165) is 33.4 Å². The topological polar surface area (TPSA) is 62.7 Å². The molecule has 0 fully saturated rings. The van der Waals surface area contributed by atoms with Crippen LogP contribution in [0.4, 0.5) is 5.69 Å². The van der Waals surface area contributed by atoms with Crippen LogP contribution in [-0.4, -0.2) is 20.4 Å². The highest BCUT2D eigenvalue weighted by molar-refractivity contribution is 6.01. The molecule has 0 aliphatic carbocycles. The molecule has 2 aromatic heterocycles. The van der Waals surface area contributed by atoms with Crippen molar-refractivity contribution in [1.82, 2.24) is 14.5 Å². The summed E-state index contributed by atoms with van der Waals surface area (Å²) in [5, 5.41) is 4.00. The van der Waals surface area contributed by atoms with Gasteiger partial charge in [0.05, 0.1) is 16.7 Å². The number of aromatic amines is 1. The molecule has 0 atom stereocenters. The smallest absolute Gasteiger partial charge is 0.224 e. The van der Waals surface area contributed by atoms with E-state index >= 15 is 0 Å². The summed E-state index contributed by atoms with van der Waals surface area (Å²) in [6.45, 7) is 0. The van der Waals surface area contributed by atoms with Gasteiger partial charge in [-0.25, -0.2) is 4.98 Å². The van der Waals surface area contributed by atoms with Crippen LogP contribution < -0.4 is 5.32 Å². The average Bonchev–Trinajstić information content (AvgIpc) is 3.15. The monoisotopic (exact) mass is 318 g/mol. The molecule has 0 bridgehead atoms. The van der Waals surface area contributed by atoms with Crippen LogP contribution in [0.25, 0.3) is 21.9 Å². The second-order valence-corrected chi connectivity index (χ2v) is 5.87. The molecular formula is C19H18N4O. The number of carbonyl (C=O) groups excluding carboxylic acids is 1. The predicted molar refractivity (Wildman–Crippen MR) is 96.0 cm³/mol. The summed E-state index contributed by atoms with van der Waals surface area (Å²) in [4.78, 5) is 20.1. The number of aryl methyl sites for hydroxylation is 2. The normalized spacial score (nSPS) is 11.2. The number of nitrogens with zero attached hydrogens (tertiary/aromatic N) is 2. The highest BCUT2D eigenvalue weighted by Gasteiger charge is 2.11. The number of nitrogens with one attached hydrogen (secondary N) is 2. The fourth-order valence-electron chi connectivity index (χ4n) is 3.03. The fraction of sp³-hybridized carbons (Fsp3) is 0.158. The van der Waals surface area contributed by atoms with E-state index in [1.165, 1.54) is 0 Å². The molecule has 0 unspecified atom stereocenters. The van der Waals surface area contributed by atoms with Crippen LogP contribution in [0.3, 0.4) is 0 Å². The fourth-order valence-corrected chi connectivity index (χ4v) is 3.03. The van der Waals surface area contributed by atoms with Crippen molar-refractivity contribution >= 4 is 33.5 Å². The van der Waals surface area contributed by atoms with Gasteiger partial charge in [0.25, 0.3) is 0 Å². The Balaban J connectivity index is 1.47. The van der Waals surface area contributed by atoms with Gasteiger partial charge in [0.2, 0.25) is 5.91 Å². The first-order chi connectivity index (χ1) is 11.7. The van der Waals surface area contributed by atoms with E-state index in [1.54, 1.807) is 0 Å². The Bertz CT molecular complexity index is 1030. The van der Waals surface area contributed by atoms with Crippen LogP contribution in [0, 0.1) is 0 Å². The Morgan fingerprint density at radius 3 is 2.83 bits per heavy atom. The lowest BCUT2D eigenvalue weighted by Gasteiger charge is -2.04. The summed E-state index contributed by atoms with van der Waals surface area (Å²) < 4.78 is 2.05. The number of carbonyl (C=O) groups is 1. The third kappa shape index (κ3) is 2.54. The number of para-hydroxylation sites is 3. The Labute approximate surface area is 139 Å². The highest BCUT2D eigenvalue weighted by atomic mass is 16.1. The molecular weight excluding hydrogens is 300 g/mol. The molecule has 2 N–H and O–H groups in total. The molecule has 0 aliphatic rings. The van der Waals surface area contributed by atoms with Gasteiger partial charge in [-0.3, -0.25) is 4.79 Å². The van der Waals surface area contributed by atoms with Crippen molar-refractivity contribution < 1.29 is 4.79 Å². The van der Waals surface area contributed by atoms with E-state index < -0.39 is 0 Å². The number of benzene rings is 2. The number of hydrogen-bond donors (Lipinski definition) is 2. The van der Waals surface area contributed by atoms with Gasteiger partial charge in [-0.15, -0.1) is 0 Å². The molecule has 0 spiro atoms. The molecule has 2 heterocycles. The summed E-state index contributed by atoms with van der Waals surface area (Å²) in [6, 6.07) is 15.9. The third-order valence-corrected chi connectivity index (χ3v) is 4.32. The first-order valence-corrected chi connectivity index (χ1v) is 7.98. The lowest BCUT2D eigenvalue weighted by atomic mass is 10.2. The largest absolute Gasteiger partial charge is 0.359 e. The van der Waals surface area contributed by atoms with Gasteiger partial charge in [0, 0.05) is 37.0 Å². The summed E-state index contributed by atoms with van der Waals surface area (Å²) >= 11 is 0. The number of anilines is 1. The number of rotatable bonds is 4. The summed E-state index contributed by atoms with van der Waals surface area (Å²) in [5.41, 5.74) is 3.89. The molecule has 1 amide bonds. The molecule has 120 valence electrons. The Morgan fingerprint density at radius 2 is 1.96 bits per heavy atom. The molecule has 24 heavy (non-hydrogen) atoms. The van der Waals surface area contributed by atoms with E-state index in [4.69, 9.17) is 0 Å². The summed E-state index contributed by atoms with van der Waals surface area (Å²) in [7, 11) is 1.99. The quantitative estimate of drug-likeness (QED) is 0.603. The molecule has 0 saturated carbocycles. The minimum atomic E-state index is -0.00758. The SMILES string of the molecule is Cn1c(CCC(=O)Nc2c[nH]c3ccccc23)nc2ccccc21. The molecule has 4 aromatic rings. The first-order valence-electron chi connectivity index (χ1n) is 7.98. The minimum absolute atomic E-state index is 0.00758. The van der Waals surface area contributed by atoms with Crippen molar-refractivity contribution in [3.8, 4) is 0 Å². The molecule has 0 radical (unpaired) electrons. The third-order valence-electron chi connectivity index (χ3n) is 4.32. The lowest BCUT2D eigenvalue weighted by molar-refractivity contribution is -0.116. The van der Waals surface area contributed by atoms with Crippen molar-refractivity contribution in [3.05, 3.63) is 60.6 Å². The summed E-state index contributed by atoms with van der Waals surface area (Å²) in [6.07, 6.45) is 2.84. The number of hydrogen-bond acceptors (Lipinski definition) is 2. The Kier molecular flexibility index (Phi) is 3.54. The van der Waals surface area contributed by atoms with Crippen molar-refractivity contribution in [3.63, 3.8) is 0 Å². The standard InChI is InChI=1S/C19H18N4O/c1-23-17-9-5-4-8-15(17)21-18(23)10-11-19(24)22-16-12-20-14-7-3-2-6-13(14)16/h2-9,12,20H,10-11H2,1H3,(H,22,24). The van der Waals surface area contributed by atoms with E-state index in [0.29, 0.717) is 12.8 Å². The first kappa shape index (κ1) is 14.5. The zero-order valence-electron chi connectivity index (χ0n) is 13.4. The number of amides is 1. The lowest BCUT2D eigenvalue weighted by Crippen LogP contribution is -2.13. The van der Waals surface area contributed by atoms with Crippen molar-refractivity contribution in [2.24, 2.45) is 7.05 Å². The van der Waals surface area contributed by atoms with Gasteiger partial charge in [-0.1, -0.05) is 30.3 Å².